The normalized spacial score (nSPS) is 12.3. The number of hydrogen-bond donors (Lipinski definition) is 6. The zero-order valence-corrected chi connectivity index (χ0v) is 9.93. The first-order chi connectivity index (χ1) is 7.68. The third kappa shape index (κ3) is 9.69. The standard InChI is InChI=1S/C5H12N2O2.C4H10N2O2/c6-3-1-2-4(7)5(8)9;1-2-4(5,6)3(7)8/h4H,1-3,6-7H2,(H,8,9);2,5-6H2,1H3,(H,7,8). The summed E-state index contributed by atoms with van der Waals surface area (Å²) in [4.78, 5) is 20.0. The van der Waals surface area contributed by atoms with E-state index in [1.165, 1.54) is 0 Å². The molecule has 0 aliphatic carbocycles. The van der Waals surface area contributed by atoms with Gasteiger partial charge in [0, 0.05) is 0 Å². The Morgan fingerprint density at radius 1 is 1.29 bits per heavy atom. The monoisotopic (exact) mass is 250 g/mol. The smallest absolute Gasteiger partial charge is 0.338 e. The van der Waals surface area contributed by atoms with E-state index in [0.717, 1.165) is 0 Å². The second-order valence-electron chi connectivity index (χ2n) is 3.57. The van der Waals surface area contributed by atoms with Crippen LogP contribution < -0.4 is 22.9 Å². The first-order valence-electron chi connectivity index (χ1n) is 5.18. The van der Waals surface area contributed by atoms with E-state index in [1.807, 2.05) is 0 Å². The van der Waals surface area contributed by atoms with Crippen molar-refractivity contribution in [2.24, 2.45) is 22.9 Å². The van der Waals surface area contributed by atoms with Crippen molar-refractivity contribution in [3.63, 3.8) is 0 Å². The second kappa shape index (κ2) is 8.88. The summed E-state index contributed by atoms with van der Waals surface area (Å²) in [6.07, 6.45) is 1.38. The first kappa shape index (κ1) is 18.2. The zero-order chi connectivity index (χ0) is 14.1. The lowest BCUT2D eigenvalue weighted by atomic mass is 10.1. The van der Waals surface area contributed by atoms with E-state index < -0.39 is 23.6 Å². The molecule has 0 fully saturated rings. The largest absolute Gasteiger partial charge is 0.480 e. The SMILES string of the molecule is CCC(N)(N)C(=O)O.NCCCC(N)C(=O)O. The van der Waals surface area contributed by atoms with E-state index in [0.29, 0.717) is 19.4 Å². The third-order valence-electron chi connectivity index (χ3n) is 2.02. The molecule has 0 aliphatic rings. The molecule has 0 rings (SSSR count). The summed E-state index contributed by atoms with van der Waals surface area (Å²) < 4.78 is 0. The van der Waals surface area contributed by atoms with Gasteiger partial charge in [-0.2, -0.15) is 0 Å². The Bertz CT molecular complexity index is 245. The van der Waals surface area contributed by atoms with Gasteiger partial charge in [-0.05, 0) is 25.8 Å². The maximum Gasteiger partial charge on any atom is 0.338 e. The van der Waals surface area contributed by atoms with Gasteiger partial charge in [0.25, 0.3) is 0 Å². The molecule has 102 valence electrons. The van der Waals surface area contributed by atoms with Crippen LogP contribution in [0.4, 0.5) is 0 Å². The van der Waals surface area contributed by atoms with Gasteiger partial charge in [0.05, 0.1) is 0 Å². The minimum absolute atomic E-state index is 0.238. The summed E-state index contributed by atoms with van der Waals surface area (Å²) in [7, 11) is 0. The summed E-state index contributed by atoms with van der Waals surface area (Å²) in [5, 5.41) is 16.4. The molecule has 0 spiro atoms. The maximum atomic E-state index is 10.0. The Balaban J connectivity index is 0. The molecule has 0 radical (unpaired) electrons. The van der Waals surface area contributed by atoms with Gasteiger partial charge in [0.2, 0.25) is 0 Å². The van der Waals surface area contributed by atoms with Gasteiger partial charge < -0.3 is 33.1 Å². The second-order valence-corrected chi connectivity index (χ2v) is 3.57. The molecule has 0 aromatic heterocycles. The predicted octanol–water partition coefficient (Wildman–Crippen LogP) is -1.77. The Kier molecular flexibility index (Phi) is 9.48. The average molecular weight is 250 g/mol. The van der Waals surface area contributed by atoms with Crippen LogP contribution in [0.5, 0.6) is 0 Å². The molecular formula is C9H22N4O4. The molecule has 0 bridgehead atoms. The zero-order valence-electron chi connectivity index (χ0n) is 9.93. The van der Waals surface area contributed by atoms with Crippen molar-refractivity contribution < 1.29 is 19.8 Å². The molecule has 0 aromatic rings. The highest BCUT2D eigenvalue weighted by atomic mass is 16.4. The summed E-state index contributed by atoms with van der Waals surface area (Å²) >= 11 is 0. The molecule has 8 nitrogen and oxygen atoms in total. The van der Waals surface area contributed by atoms with Crippen LogP contribution in [0.25, 0.3) is 0 Å². The van der Waals surface area contributed by atoms with E-state index in [2.05, 4.69) is 0 Å². The van der Waals surface area contributed by atoms with Crippen LogP contribution in [0.3, 0.4) is 0 Å². The lowest BCUT2D eigenvalue weighted by Crippen LogP contribution is -2.55. The number of carboxylic acid groups (broad SMARTS) is 2. The topological polar surface area (TPSA) is 179 Å². The van der Waals surface area contributed by atoms with Gasteiger partial charge in [-0.25, -0.2) is 4.79 Å². The summed E-state index contributed by atoms with van der Waals surface area (Å²) in [5.41, 5.74) is 18.8. The van der Waals surface area contributed by atoms with Gasteiger partial charge >= 0.3 is 11.9 Å². The molecule has 1 unspecified atom stereocenters. The van der Waals surface area contributed by atoms with E-state index in [9.17, 15) is 9.59 Å². The molecule has 0 saturated heterocycles. The number of rotatable bonds is 6. The van der Waals surface area contributed by atoms with Crippen LogP contribution in [0.2, 0.25) is 0 Å². The van der Waals surface area contributed by atoms with Gasteiger partial charge in [0.15, 0.2) is 5.66 Å². The quantitative estimate of drug-likeness (QED) is 0.300. The van der Waals surface area contributed by atoms with Gasteiger partial charge in [-0.15, -0.1) is 0 Å². The van der Waals surface area contributed by atoms with Crippen molar-refractivity contribution in [3.8, 4) is 0 Å². The fourth-order valence-corrected chi connectivity index (χ4v) is 0.612. The highest BCUT2D eigenvalue weighted by Gasteiger charge is 2.25. The van der Waals surface area contributed by atoms with Crippen molar-refractivity contribution in [1.82, 2.24) is 0 Å². The number of hydrogen-bond acceptors (Lipinski definition) is 6. The Morgan fingerprint density at radius 2 is 1.76 bits per heavy atom. The summed E-state index contributed by atoms with van der Waals surface area (Å²) in [6, 6.07) is -0.742. The minimum atomic E-state index is -1.54. The lowest BCUT2D eigenvalue weighted by Gasteiger charge is -2.14. The summed E-state index contributed by atoms with van der Waals surface area (Å²) in [5.74, 6) is -2.12. The van der Waals surface area contributed by atoms with Crippen molar-refractivity contribution in [2.45, 2.75) is 37.9 Å². The van der Waals surface area contributed by atoms with Crippen LogP contribution in [-0.2, 0) is 9.59 Å². The van der Waals surface area contributed by atoms with Crippen molar-refractivity contribution in [1.29, 1.82) is 0 Å². The third-order valence-corrected chi connectivity index (χ3v) is 2.02. The fourth-order valence-electron chi connectivity index (χ4n) is 0.612. The molecule has 10 N–H and O–H groups in total. The minimum Gasteiger partial charge on any atom is -0.480 e. The molecule has 0 aromatic carbocycles. The first-order valence-corrected chi connectivity index (χ1v) is 5.18. The average Bonchev–Trinajstić information content (AvgIpc) is 2.26. The molecule has 0 amide bonds. The Hall–Kier alpha value is -1.22. The molecule has 1 atom stereocenters. The number of carbonyl (C=O) groups is 2. The number of aliphatic carboxylic acids is 2. The fraction of sp³-hybridized carbons (Fsp3) is 0.778. The van der Waals surface area contributed by atoms with Gasteiger partial charge in [-0.3, -0.25) is 4.79 Å². The Labute approximate surface area is 99.9 Å². The maximum absolute atomic E-state index is 10.0. The molecule has 8 heteroatoms. The van der Waals surface area contributed by atoms with Gasteiger partial charge in [0.1, 0.15) is 6.04 Å². The van der Waals surface area contributed by atoms with Crippen LogP contribution in [0, 0.1) is 0 Å². The van der Waals surface area contributed by atoms with Crippen LogP contribution >= 0.6 is 0 Å². The van der Waals surface area contributed by atoms with E-state index >= 15 is 0 Å². The molecule has 0 aliphatic heterocycles. The highest BCUT2D eigenvalue weighted by molar-refractivity contribution is 5.77. The van der Waals surface area contributed by atoms with Crippen molar-refractivity contribution in [3.05, 3.63) is 0 Å². The van der Waals surface area contributed by atoms with Crippen molar-refractivity contribution >= 4 is 11.9 Å². The molecule has 0 heterocycles. The van der Waals surface area contributed by atoms with E-state index in [1.54, 1.807) is 6.92 Å². The number of nitrogens with two attached hydrogens (primary N) is 4. The van der Waals surface area contributed by atoms with Crippen LogP contribution in [-0.4, -0.2) is 40.4 Å². The predicted molar refractivity (Wildman–Crippen MR) is 62.9 cm³/mol. The van der Waals surface area contributed by atoms with Crippen molar-refractivity contribution in [2.75, 3.05) is 6.54 Å². The number of carboxylic acids is 2. The highest BCUT2D eigenvalue weighted by Crippen LogP contribution is 1.94. The Morgan fingerprint density at radius 3 is 1.94 bits per heavy atom. The van der Waals surface area contributed by atoms with Crippen LogP contribution in [0.15, 0.2) is 0 Å². The van der Waals surface area contributed by atoms with E-state index in [4.69, 9.17) is 33.1 Å². The van der Waals surface area contributed by atoms with E-state index in [-0.39, 0.29) is 6.42 Å². The van der Waals surface area contributed by atoms with Gasteiger partial charge in [-0.1, -0.05) is 6.92 Å². The summed E-state index contributed by atoms with van der Waals surface area (Å²) in [6.45, 7) is 2.12. The molecular weight excluding hydrogens is 228 g/mol. The van der Waals surface area contributed by atoms with Crippen LogP contribution in [0.1, 0.15) is 26.2 Å². The lowest BCUT2D eigenvalue weighted by molar-refractivity contribution is -0.143. The molecule has 17 heavy (non-hydrogen) atoms. The molecule has 0 saturated carbocycles.